The van der Waals surface area contributed by atoms with E-state index in [9.17, 15) is 0 Å². The lowest BCUT2D eigenvalue weighted by molar-refractivity contribution is 0.375. The van der Waals surface area contributed by atoms with Gasteiger partial charge in [0.15, 0.2) is 5.82 Å². The first kappa shape index (κ1) is 12.7. The van der Waals surface area contributed by atoms with Crippen molar-refractivity contribution in [2.45, 2.75) is 12.8 Å². The summed E-state index contributed by atoms with van der Waals surface area (Å²) in [6, 6.07) is 10.1. The molecule has 0 radical (unpaired) electrons. The molecule has 86 valence electrons. The van der Waals surface area contributed by atoms with Crippen LogP contribution in [0.4, 0.5) is 0 Å². The normalized spacial score (nSPS) is 9.81. The molecule has 0 amide bonds. The van der Waals surface area contributed by atoms with Crippen LogP contribution in [0.3, 0.4) is 0 Å². The summed E-state index contributed by atoms with van der Waals surface area (Å²) in [5.41, 5.74) is 6.57. The first-order valence-corrected chi connectivity index (χ1v) is 4.94. The molecule has 0 saturated heterocycles. The van der Waals surface area contributed by atoms with Crippen molar-refractivity contribution in [2.24, 2.45) is 5.73 Å². The fourth-order valence-corrected chi connectivity index (χ4v) is 1.37. The number of nitrogens with zero attached hydrogens (tertiary/aromatic N) is 2. The van der Waals surface area contributed by atoms with Gasteiger partial charge >= 0.3 is 0 Å². The first-order chi connectivity index (χ1) is 7.38. The van der Waals surface area contributed by atoms with Crippen molar-refractivity contribution in [2.75, 3.05) is 6.54 Å². The summed E-state index contributed by atoms with van der Waals surface area (Å²) >= 11 is 0. The standard InChI is InChI=1S/C11H13N3O.ClH/c12-7-6-11-13-10(14-15-11)8-9-4-2-1-3-5-9;/h1-5H,6-8,12H2;1H. The van der Waals surface area contributed by atoms with Crippen LogP contribution in [0, 0.1) is 0 Å². The molecule has 16 heavy (non-hydrogen) atoms. The third-order valence-corrected chi connectivity index (χ3v) is 2.07. The highest BCUT2D eigenvalue weighted by Crippen LogP contribution is 2.06. The number of hydrogen-bond acceptors (Lipinski definition) is 4. The molecule has 0 aliphatic rings. The second-order valence-electron chi connectivity index (χ2n) is 3.31. The van der Waals surface area contributed by atoms with Gasteiger partial charge in [-0.05, 0) is 5.56 Å². The van der Waals surface area contributed by atoms with Gasteiger partial charge in [0.2, 0.25) is 5.89 Å². The number of aromatic nitrogens is 2. The maximum atomic E-state index is 5.39. The fraction of sp³-hybridized carbons (Fsp3) is 0.273. The van der Waals surface area contributed by atoms with Crippen molar-refractivity contribution in [1.82, 2.24) is 10.1 Å². The van der Waals surface area contributed by atoms with Crippen molar-refractivity contribution in [3.63, 3.8) is 0 Å². The molecule has 2 N–H and O–H groups in total. The SMILES string of the molecule is Cl.NCCc1nc(Cc2ccccc2)no1. The van der Waals surface area contributed by atoms with Gasteiger partial charge in [-0.25, -0.2) is 0 Å². The van der Waals surface area contributed by atoms with Crippen LogP contribution in [0.1, 0.15) is 17.3 Å². The molecule has 5 heteroatoms. The highest BCUT2D eigenvalue weighted by molar-refractivity contribution is 5.85. The molecule has 0 bridgehead atoms. The third-order valence-electron chi connectivity index (χ3n) is 2.07. The lowest BCUT2D eigenvalue weighted by atomic mass is 10.1. The predicted molar refractivity (Wildman–Crippen MR) is 63.6 cm³/mol. The summed E-state index contributed by atoms with van der Waals surface area (Å²) in [5.74, 6) is 1.33. The van der Waals surface area contributed by atoms with Gasteiger partial charge in [-0.1, -0.05) is 35.5 Å². The van der Waals surface area contributed by atoms with Crippen molar-refractivity contribution in [1.29, 1.82) is 0 Å². The summed E-state index contributed by atoms with van der Waals surface area (Å²) in [6.45, 7) is 0.535. The van der Waals surface area contributed by atoms with Crippen LogP contribution in [0.25, 0.3) is 0 Å². The van der Waals surface area contributed by atoms with Crippen LogP contribution in [0.15, 0.2) is 34.9 Å². The van der Waals surface area contributed by atoms with Gasteiger partial charge in [0.1, 0.15) is 0 Å². The lowest BCUT2D eigenvalue weighted by Gasteiger charge is -1.93. The molecule has 0 spiro atoms. The number of halogens is 1. The minimum Gasteiger partial charge on any atom is -0.339 e. The highest BCUT2D eigenvalue weighted by atomic mass is 35.5. The maximum Gasteiger partial charge on any atom is 0.227 e. The van der Waals surface area contributed by atoms with Gasteiger partial charge in [0, 0.05) is 19.4 Å². The molecule has 0 fully saturated rings. The molecule has 2 aromatic rings. The third kappa shape index (κ3) is 3.32. The largest absolute Gasteiger partial charge is 0.339 e. The van der Waals surface area contributed by atoms with Crippen LogP contribution in [-0.2, 0) is 12.8 Å². The van der Waals surface area contributed by atoms with E-state index in [0.717, 1.165) is 0 Å². The number of rotatable bonds is 4. The van der Waals surface area contributed by atoms with E-state index in [2.05, 4.69) is 10.1 Å². The second kappa shape index (κ2) is 6.25. The minimum absolute atomic E-state index is 0. The Balaban J connectivity index is 0.00000128. The Morgan fingerprint density at radius 2 is 1.94 bits per heavy atom. The lowest BCUT2D eigenvalue weighted by Crippen LogP contribution is -2.02. The van der Waals surface area contributed by atoms with E-state index in [0.29, 0.717) is 31.1 Å². The van der Waals surface area contributed by atoms with Crippen LogP contribution >= 0.6 is 12.4 Å². The molecule has 4 nitrogen and oxygen atoms in total. The van der Waals surface area contributed by atoms with E-state index in [1.54, 1.807) is 0 Å². The van der Waals surface area contributed by atoms with E-state index < -0.39 is 0 Å². The number of nitrogens with two attached hydrogens (primary N) is 1. The molecule has 0 unspecified atom stereocenters. The maximum absolute atomic E-state index is 5.39. The van der Waals surface area contributed by atoms with Crippen LogP contribution < -0.4 is 5.73 Å². The molecule has 1 aromatic carbocycles. The van der Waals surface area contributed by atoms with Crippen LogP contribution in [0.2, 0.25) is 0 Å². The summed E-state index contributed by atoms with van der Waals surface area (Å²) in [5, 5.41) is 3.89. The zero-order valence-electron chi connectivity index (χ0n) is 8.80. The molecule has 2 rings (SSSR count). The van der Waals surface area contributed by atoms with E-state index in [4.69, 9.17) is 10.3 Å². The number of benzene rings is 1. The molecule has 1 aromatic heterocycles. The molecular weight excluding hydrogens is 226 g/mol. The monoisotopic (exact) mass is 239 g/mol. The average molecular weight is 240 g/mol. The summed E-state index contributed by atoms with van der Waals surface area (Å²) in [7, 11) is 0. The Morgan fingerprint density at radius 1 is 1.19 bits per heavy atom. The zero-order chi connectivity index (χ0) is 10.5. The van der Waals surface area contributed by atoms with Gasteiger partial charge in [0.25, 0.3) is 0 Å². The fourth-order valence-electron chi connectivity index (χ4n) is 1.37. The van der Waals surface area contributed by atoms with Gasteiger partial charge in [0.05, 0.1) is 0 Å². The van der Waals surface area contributed by atoms with Gasteiger partial charge < -0.3 is 10.3 Å². The van der Waals surface area contributed by atoms with E-state index in [1.807, 2.05) is 30.3 Å². The molecular formula is C11H14ClN3O. The Bertz CT molecular complexity index is 416. The average Bonchev–Trinajstić information content (AvgIpc) is 2.68. The smallest absolute Gasteiger partial charge is 0.227 e. The van der Waals surface area contributed by atoms with Gasteiger partial charge in [-0.15, -0.1) is 12.4 Å². The van der Waals surface area contributed by atoms with E-state index in [-0.39, 0.29) is 12.4 Å². The van der Waals surface area contributed by atoms with Gasteiger partial charge in [-0.3, -0.25) is 0 Å². The van der Waals surface area contributed by atoms with Crippen molar-refractivity contribution >= 4 is 12.4 Å². The Labute approximate surface area is 100 Å². The predicted octanol–water partition coefficient (Wildman–Crippen LogP) is 1.58. The van der Waals surface area contributed by atoms with E-state index in [1.165, 1.54) is 5.56 Å². The van der Waals surface area contributed by atoms with Crippen molar-refractivity contribution < 1.29 is 4.52 Å². The molecule has 0 saturated carbocycles. The highest BCUT2D eigenvalue weighted by Gasteiger charge is 2.05. The minimum atomic E-state index is 0. The molecule has 0 aliphatic carbocycles. The van der Waals surface area contributed by atoms with Crippen molar-refractivity contribution in [3.05, 3.63) is 47.6 Å². The molecule has 1 heterocycles. The topological polar surface area (TPSA) is 64.9 Å². The Hall–Kier alpha value is -1.39. The van der Waals surface area contributed by atoms with E-state index >= 15 is 0 Å². The Kier molecular flexibility index (Phi) is 4.95. The first-order valence-electron chi connectivity index (χ1n) is 4.94. The number of hydrogen-bond donors (Lipinski definition) is 1. The molecule has 0 aliphatic heterocycles. The second-order valence-corrected chi connectivity index (χ2v) is 3.31. The summed E-state index contributed by atoms with van der Waals surface area (Å²) < 4.78 is 5.04. The van der Waals surface area contributed by atoms with Crippen molar-refractivity contribution in [3.8, 4) is 0 Å². The summed E-state index contributed by atoms with van der Waals surface area (Å²) in [4.78, 5) is 4.24. The van der Waals surface area contributed by atoms with Gasteiger partial charge in [-0.2, -0.15) is 4.98 Å². The van der Waals surface area contributed by atoms with Crippen LogP contribution in [-0.4, -0.2) is 16.7 Å². The zero-order valence-corrected chi connectivity index (χ0v) is 9.61. The Morgan fingerprint density at radius 3 is 2.62 bits per heavy atom. The summed E-state index contributed by atoms with van der Waals surface area (Å²) in [6.07, 6.45) is 1.34. The molecule has 0 atom stereocenters. The quantitative estimate of drug-likeness (QED) is 0.880. The van der Waals surface area contributed by atoms with Crippen LogP contribution in [0.5, 0.6) is 0 Å².